The van der Waals surface area contributed by atoms with Crippen LogP contribution in [-0.2, 0) is 25.7 Å². The molecule has 0 aliphatic heterocycles. The summed E-state index contributed by atoms with van der Waals surface area (Å²) in [5.74, 6) is 0.470. The molecule has 1 atom stereocenters. The second-order valence-corrected chi connectivity index (χ2v) is 6.43. The molecule has 1 unspecified atom stereocenters. The molecule has 0 aliphatic rings. The van der Waals surface area contributed by atoms with Crippen LogP contribution in [0.25, 0.3) is 0 Å². The maximum atomic E-state index is 11.9. The molecular weight excluding hydrogens is 320 g/mol. The van der Waals surface area contributed by atoms with Crippen LogP contribution in [0.1, 0.15) is 58.4 Å². The Bertz CT molecular complexity index is 539. The van der Waals surface area contributed by atoms with Crippen LogP contribution in [0.15, 0.2) is 24.3 Å². The summed E-state index contributed by atoms with van der Waals surface area (Å²) in [5.41, 5.74) is 0.867. The van der Waals surface area contributed by atoms with E-state index in [1.54, 1.807) is 7.11 Å². The zero-order valence-corrected chi connectivity index (χ0v) is 15.7. The molecule has 0 aliphatic carbocycles. The average molecular weight is 350 g/mol. The molecule has 5 nitrogen and oxygen atoms in total. The Morgan fingerprint density at radius 2 is 1.84 bits per heavy atom. The van der Waals surface area contributed by atoms with Crippen molar-refractivity contribution in [3.05, 3.63) is 29.8 Å². The third-order valence-electron chi connectivity index (χ3n) is 3.90. The number of carbonyl (C=O) groups is 2. The van der Waals surface area contributed by atoms with Gasteiger partial charge >= 0.3 is 11.9 Å². The normalized spacial score (nSPS) is 11.9. The minimum atomic E-state index is -0.315. The van der Waals surface area contributed by atoms with Crippen LogP contribution >= 0.6 is 0 Å². The molecule has 1 rings (SSSR count). The maximum absolute atomic E-state index is 11.9. The highest BCUT2D eigenvalue weighted by Gasteiger charge is 2.17. The highest BCUT2D eigenvalue weighted by Crippen LogP contribution is 2.15. The van der Waals surface area contributed by atoms with E-state index in [4.69, 9.17) is 14.2 Å². The largest absolute Gasteiger partial charge is 0.497 e. The summed E-state index contributed by atoms with van der Waals surface area (Å²) in [6.07, 6.45) is 2.68. The molecule has 0 fully saturated rings. The standard InChI is InChI=1S/C20H30O5/c1-5-8-18(15(2)3)25-20(22)12-7-11-19(21)24-14-16-9-6-10-17(13-16)23-4/h6,9-10,13,15,18H,5,7-8,11-12,14H2,1-4H3. The number of benzene rings is 1. The van der Waals surface area contributed by atoms with E-state index in [0.717, 1.165) is 24.2 Å². The van der Waals surface area contributed by atoms with Gasteiger partial charge in [-0.25, -0.2) is 0 Å². The summed E-state index contributed by atoms with van der Waals surface area (Å²) < 4.78 is 15.8. The molecule has 1 aromatic carbocycles. The maximum Gasteiger partial charge on any atom is 0.306 e. The molecule has 0 aromatic heterocycles. The first-order chi connectivity index (χ1) is 12.0. The van der Waals surface area contributed by atoms with Gasteiger partial charge in [-0.15, -0.1) is 0 Å². The minimum absolute atomic E-state index is 0.0440. The zero-order chi connectivity index (χ0) is 18.7. The molecule has 1 aromatic rings. The van der Waals surface area contributed by atoms with Gasteiger partial charge in [-0.1, -0.05) is 39.3 Å². The van der Waals surface area contributed by atoms with Crippen molar-refractivity contribution in [1.29, 1.82) is 0 Å². The van der Waals surface area contributed by atoms with Crippen molar-refractivity contribution in [2.45, 2.75) is 65.6 Å². The fraction of sp³-hybridized carbons (Fsp3) is 0.600. The summed E-state index contributed by atoms with van der Waals surface area (Å²) >= 11 is 0. The Labute approximate surface area is 150 Å². The van der Waals surface area contributed by atoms with Crippen molar-refractivity contribution in [2.75, 3.05) is 7.11 Å². The Balaban J connectivity index is 2.26. The number of hydrogen-bond acceptors (Lipinski definition) is 5. The van der Waals surface area contributed by atoms with Gasteiger partial charge in [0.25, 0.3) is 0 Å². The minimum Gasteiger partial charge on any atom is -0.497 e. The van der Waals surface area contributed by atoms with Crippen LogP contribution in [0.5, 0.6) is 5.75 Å². The van der Waals surface area contributed by atoms with E-state index in [1.807, 2.05) is 38.1 Å². The summed E-state index contributed by atoms with van der Waals surface area (Å²) in [5, 5.41) is 0. The highest BCUT2D eigenvalue weighted by atomic mass is 16.5. The van der Waals surface area contributed by atoms with Gasteiger partial charge in [0.2, 0.25) is 0 Å². The van der Waals surface area contributed by atoms with Crippen LogP contribution in [0.2, 0.25) is 0 Å². The first-order valence-electron chi connectivity index (χ1n) is 8.94. The lowest BCUT2D eigenvalue weighted by atomic mass is 10.0. The third kappa shape index (κ3) is 8.57. The van der Waals surface area contributed by atoms with Crippen LogP contribution in [-0.4, -0.2) is 25.2 Å². The van der Waals surface area contributed by atoms with E-state index in [1.165, 1.54) is 0 Å². The lowest BCUT2D eigenvalue weighted by Gasteiger charge is -2.20. The van der Waals surface area contributed by atoms with E-state index < -0.39 is 0 Å². The van der Waals surface area contributed by atoms with Gasteiger partial charge in [0.1, 0.15) is 18.5 Å². The van der Waals surface area contributed by atoms with Crippen molar-refractivity contribution in [3.8, 4) is 5.75 Å². The molecule has 0 spiro atoms. The number of ether oxygens (including phenoxy) is 3. The van der Waals surface area contributed by atoms with E-state index in [-0.39, 0.29) is 37.5 Å². The highest BCUT2D eigenvalue weighted by molar-refractivity contribution is 5.72. The van der Waals surface area contributed by atoms with E-state index in [0.29, 0.717) is 12.3 Å². The Kier molecular flexibility index (Phi) is 9.66. The number of carbonyl (C=O) groups excluding carboxylic acids is 2. The molecule has 0 saturated carbocycles. The predicted molar refractivity (Wildman–Crippen MR) is 96.3 cm³/mol. The van der Waals surface area contributed by atoms with Gasteiger partial charge in [-0.2, -0.15) is 0 Å². The summed E-state index contributed by atoms with van der Waals surface area (Å²) in [6, 6.07) is 7.37. The van der Waals surface area contributed by atoms with Crippen LogP contribution in [0.3, 0.4) is 0 Å². The topological polar surface area (TPSA) is 61.8 Å². The summed E-state index contributed by atoms with van der Waals surface area (Å²) in [4.78, 5) is 23.7. The van der Waals surface area contributed by atoms with Crippen molar-refractivity contribution in [1.82, 2.24) is 0 Å². The van der Waals surface area contributed by atoms with Crippen molar-refractivity contribution in [2.24, 2.45) is 5.92 Å². The second-order valence-electron chi connectivity index (χ2n) is 6.43. The van der Waals surface area contributed by atoms with Gasteiger partial charge in [0.05, 0.1) is 7.11 Å². The van der Waals surface area contributed by atoms with Crippen molar-refractivity contribution < 1.29 is 23.8 Å². The first-order valence-corrected chi connectivity index (χ1v) is 8.94. The fourth-order valence-electron chi connectivity index (χ4n) is 2.42. The van der Waals surface area contributed by atoms with Crippen LogP contribution < -0.4 is 4.74 Å². The summed E-state index contributed by atoms with van der Waals surface area (Å²) in [6.45, 7) is 6.36. The van der Waals surface area contributed by atoms with Gasteiger partial charge in [0, 0.05) is 12.8 Å². The van der Waals surface area contributed by atoms with Gasteiger partial charge in [-0.3, -0.25) is 9.59 Å². The monoisotopic (exact) mass is 350 g/mol. The molecule has 25 heavy (non-hydrogen) atoms. The SMILES string of the molecule is CCCC(OC(=O)CCCC(=O)OCc1cccc(OC)c1)C(C)C. The first kappa shape index (κ1) is 21.0. The predicted octanol–water partition coefficient (Wildman–Crippen LogP) is 4.28. The van der Waals surface area contributed by atoms with Gasteiger partial charge < -0.3 is 14.2 Å². The van der Waals surface area contributed by atoms with Crippen molar-refractivity contribution in [3.63, 3.8) is 0 Å². The smallest absolute Gasteiger partial charge is 0.306 e. The quantitative estimate of drug-likeness (QED) is 0.558. The number of methoxy groups -OCH3 is 1. The molecule has 5 heteroatoms. The fourth-order valence-corrected chi connectivity index (χ4v) is 2.42. The lowest BCUT2D eigenvalue weighted by Crippen LogP contribution is -2.23. The van der Waals surface area contributed by atoms with E-state index in [9.17, 15) is 9.59 Å². The van der Waals surface area contributed by atoms with E-state index >= 15 is 0 Å². The van der Waals surface area contributed by atoms with Crippen LogP contribution in [0, 0.1) is 5.92 Å². The van der Waals surface area contributed by atoms with Gasteiger partial charge in [-0.05, 0) is 36.5 Å². The Morgan fingerprint density at radius 3 is 2.48 bits per heavy atom. The number of rotatable bonds is 11. The van der Waals surface area contributed by atoms with Crippen LogP contribution in [0.4, 0.5) is 0 Å². The average Bonchev–Trinajstić information content (AvgIpc) is 2.59. The zero-order valence-electron chi connectivity index (χ0n) is 15.7. The molecule has 140 valence electrons. The molecule has 0 amide bonds. The number of esters is 2. The molecule has 0 radical (unpaired) electrons. The van der Waals surface area contributed by atoms with E-state index in [2.05, 4.69) is 6.92 Å². The molecular formula is C20H30O5. The molecule has 0 bridgehead atoms. The van der Waals surface area contributed by atoms with Gasteiger partial charge in [0.15, 0.2) is 0 Å². The lowest BCUT2D eigenvalue weighted by molar-refractivity contribution is -0.152. The Hall–Kier alpha value is -2.04. The number of hydrogen-bond donors (Lipinski definition) is 0. The molecule has 0 heterocycles. The third-order valence-corrected chi connectivity index (χ3v) is 3.90. The Morgan fingerprint density at radius 1 is 1.12 bits per heavy atom. The second kappa shape index (κ2) is 11.5. The summed E-state index contributed by atoms with van der Waals surface area (Å²) in [7, 11) is 1.59. The molecule has 0 saturated heterocycles. The van der Waals surface area contributed by atoms with Crippen molar-refractivity contribution >= 4 is 11.9 Å². The molecule has 0 N–H and O–H groups in total.